The van der Waals surface area contributed by atoms with Crippen molar-refractivity contribution < 1.29 is 0 Å². The molecule has 0 aliphatic heterocycles. The van der Waals surface area contributed by atoms with Gasteiger partial charge in [0.25, 0.3) is 0 Å². The number of thiazole rings is 1. The third-order valence-corrected chi connectivity index (χ3v) is 4.41. The van der Waals surface area contributed by atoms with Crippen LogP contribution in [-0.4, -0.2) is 11.0 Å². The van der Waals surface area contributed by atoms with Crippen LogP contribution in [0.25, 0.3) is 0 Å². The highest BCUT2D eigenvalue weighted by Crippen LogP contribution is 2.24. The summed E-state index contributed by atoms with van der Waals surface area (Å²) in [6.45, 7) is 10.9. The monoisotopic (exact) mass is 302 g/mol. The van der Waals surface area contributed by atoms with Crippen molar-refractivity contribution in [2.75, 3.05) is 0 Å². The first-order valence-corrected chi connectivity index (χ1v) is 8.39. The number of hydrogen-bond acceptors (Lipinski definition) is 3. The average Bonchev–Trinajstić information content (AvgIpc) is 2.75. The fourth-order valence-corrected chi connectivity index (χ4v) is 3.65. The van der Waals surface area contributed by atoms with Gasteiger partial charge in [-0.3, -0.25) is 0 Å². The SMILES string of the molecule is Cc1cc(C)cc(CC(N)Cc2nc(C(C)(C)C)cs2)c1. The van der Waals surface area contributed by atoms with Crippen molar-refractivity contribution in [1.82, 2.24) is 4.98 Å². The normalized spacial score (nSPS) is 13.4. The lowest BCUT2D eigenvalue weighted by atomic mass is 9.93. The summed E-state index contributed by atoms with van der Waals surface area (Å²) in [5.74, 6) is 0. The highest BCUT2D eigenvalue weighted by atomic mass is 32.1. The van der Waals surface area contributed by atoms with Crippen LogP contribution in [0, 0.1) is 13.8 Å². The zero-order chi connectivity index (χ0) is 15.6. The quantitative estimate of drug-likeness (QED) is 0.920. The molecule has 2 nitrogen and oxygen atoms in total. The maximum Gasteiger partial charge on any atom is 0.0944 e. The van der Waals surface area contributed by atoms with Crippen molar-refractivity contribution >= 4 is 11.3 Å². The standard InChI is InChI=1S/C18H26N2S/c1-12-6-13(2)8-14(7-12)9-15(19)10-17-20-16(11-21-17)18(3,4)5/h6-8,11,15H,9-10,19H2,1-5H3. The maximum atomic E-state index is 6.32. The van der Waals surface area contributed by atoms with Crippen molar-refractivity contribution in [3.8, 4) is 0 Å². The Balaban J connectivity index is 2.01. The first kappa shape index (κ1) is 16.2. The largest absolute Gasteiger partial charge is 0.327 e. The summed E-state index contributed by atoms with van der Waals surface area (Å²) in [5, 5.41) is 3.32. The highest BCUT2D eigenvalue weighted by molar-refractivity contribution is 7.09. The molecule has 1 heterocycles. The van der Waals surface area contributed by atoms with E-state index in [1.165, 1.54) is 22.4 Å². The van der Waals surface area contributed by atoms with Gasteiger partial charge in [0.15, 0.2) is 0 Å². The summed E-state index contributed by atoms with van der Waals surface area (Å²) in [6, 6.07) is 6.79. The molecule has 0 aliphatic rings. The van der Waals surface area contributed by atoms with Gasteiger partial charge in [0.05, 0.1) is 10.7 Å². The molecular formula is C18H26N2S. The minimum atomic E-state index is 0.118. The van der Waals surface area contributed by atoms with E-state index in [4.69, 9.17) is 10.7 Å². The third kappa shape index (κ3) is 4.65. The molecular weight excluding hydrogens is 276 g/mol. The summed E-state index contributed by atoms with van der Waals surface area (Å²) in [6.07, 6.45) is 1.76. The second-order valence-corrected chi connectivity index (χ2v) is 7.98. The highest BCUT2D eigenvalue weighted by Gasteiger charge is 2.18. The van der Waals surface area contributed by atoms with Gasteiger partial charge in [-0.25, -0.2) is 4.98 Å². The minimum absolute atomic E-state index is 0.118. The number of rotatable bonds is 4. The van der Waals surface area contributed by atoms with Gasteiger partial charge < -0.3 is 5.73 Å². The van der Waals surface area contributed by atoms with Gasteiger partial charge in [-0.2, -0.15) is 0 Å². The van der Waals surface area contributed by atoms with Crippen molar-refractivity contribution in [2.45, 2.75) is 58.9 Å². The van der Waals surface area contributed by atoms with Crippen LogP contribution in [0.4, 0.5) is 0 Å². The van der Waals surface area contributed by atoms with Gasteiger partial charge in [0.1, 0.15) is 0 Å². The molecule has 0 bridgehead atoms. The Labute approximate surface area is 132 Å². The van der Waals surface area contributed by atoms with Gasteiger partial charge in [0, 0.05) is 23.3 Å². The van der Waals surface area contributed by atoms with E-state index < -0.39 is 0 Å². The molecule has 2 N–H and O–H groups in total. The topological polar surface area (TPSA) is 38.9 Å². The fraction of sp³-hybridized carbons (Fsp3) is 0.500. The lowest BCUT2D eigenvalue weighted by molar-refractivity contribution is 0.567. The predicted molar refractivity (Wildman–Crippen MR) is 92.1 cm³/mol. The van der Waals surface area contributed by atoms with Crippen LogP contribution in [0.15, 0.2) is 23.6 Å². The second kappa shape index (κ2) is 6.29. The van der Waals surface area contributed by atoms with E-state index in [0.29, 0.717) is 0 Å². The molecule has 0 saturated carbocycles. The fourth-order valence-electron chi connectivity index (χ4n) is 2.54. The van der Waals surface area contributed by atoms with Crippen LogP contribution in [-0.2, 0) is 18.3 Å². The smallest absolute Gasteiger partial charge is 0.0944 e. The zero-order valence-corrected chi connectivity index (χ0v) is 14.6. The molecule has 0 aliphatic carbocycles. The maximum absolute atomic E-state index is 6.32. The third-order valence-electron chi connectivity index (χ3n) is 3.54. The molecule has 0 spiro atoms. The molecule has 1 aromatic heterocycles. The number of hydrogen-bond donors (Lipinski definition) is 1. The first-order chi connectivity index (χ1) is 9.74. The molecule has 0 amide bonds. The van der Waals surface area contributed by atoms with E-state index in [2.05, 4.69) is 58.2 Å². The van der Waals surface area contributed by atoms with Crippen LogP contribution in [0.3, 0.4) is 0 Å². The van der Waals surface area contributed by atoms with Gasteiger partial charge in [-0.1, -0.05) is 50.1 Å². The predicted octanol–water partition coefficient (Wildman–Crippen LogP) is 4.17. The summed E-state index contributed by atoms with van der Waals surface area (Å²) in [7, 11) is 0. The molecule has 2 aromatic rings. The number of nitrogens with zero attached hydrogens (tertiary/aromatic N) is 1. The minimum Gasteiger partial charge on any atom is -0.327 e. The number of aryl methyl sites for hydroxylation is 2. The lowest BCUT2D eigenvalue weighted by Gasteiger charge is -2.15. The van der Waals surface area contributed by atoms with E-state index >= 15 is 0 Å². The Kier molecular flexibility index (Phi) is 4.84. The van der Waals surface area contributed by atoms with Crippen LogP contribution >= 0.6 is 11.3 Å². The van der Waals surface area contributed by atoms with Gasteiger partial charge >= 0.3 is 0 Å². The van der Waals surface area contributed by atoms with Crippen molar-refractivity contribution in [1.29, 1.82) is 0 Å². The molecule has 0 radical (unpaired) electrons. The number of aromatic nitrogens is 1. The molecule has 1 atom stereocenters. The average molecular weight is 302 g/mol. The first-order valence-electron chi connectivity index (χ1n) is 7.51. The molecule has 0 saturated heterocycles. The van der Waals surface area contributed by atoms with E-state index in [1.807, 2.05) is 0 Å². The molecule has 1 aromatic carbocycles. The zero-order valence-electron chi connectivity index (χ0n) is 13.7. The van der Waals surface area contributed by atoms with Gasteiger partial charge in [-0.05, 0) is 25.8 Å². The van der Waals surface area contributed by atoms with Crippen molar-refractivity contribution in [3.05, 3.63) is 51.0 Å². The van der Waals surface area contributed by atoms with Crippen LogP contribution in [0.2, 0.25) is 0 Å². The van der Waals surface area contributed by atoms with Crippen molar-refractivity contribution in [3.63, 3.8) is 0 Å². The summed E-state index contributed by atoms with van der Waals surface area (Å²) in [5.41, 5.74) is 11.5. The Hall–Kier alpha value is -1.19. The molecule has 2 rings (SSSR count). The molecule has 21 heavy (non-hydrogen) atoms. The summed E-state index contributed by atoms with van der Waals surface area (Å²) in [4.78, 5) is 4.74. The Bertz CT molecular complexity index is 588. The Morgan fingerprint density at radius 3 is 2.24 bits per heavy atom. The molecule has 3 heteroatoms. The Morgan fingerprint density at radius 1 is 1.10 bits per heavy atom. The lowest BCUT2D eigenvalue weighted by Crippen LogP contribution is -2.25. The number of nitrogens with two attached hydrogens (primary N) is 1. The van der Waals surface area contributed by atoms with E-state index in [0.717, 1.165) is 17.8 Å². The molecule has 1 unspecified atom stereocenters. The van der Waals surface area contributed by atoms with E-state index in [9.17, 15) is 0 Å². The van der Waals surface area contributed by atoms with Gasteiger partial charge in [0.2, 0.25) is 0 Å². The molecule has 0 fully saturated rings. The van der Waals surface area contributed by atoms with Crippen LogP contribution in [0.5, 0.6) is 0 Å². The second-order valence-electron chi connectivity index (χ2n) is 7.04. The van der Waals surface area contributed by atoms with Crippen LogP contribution in [0.1, 0.15) is 48.2 Å². The molecule has 114 valence electrons. The van der Waals surface area contributed by atoms with E-state index in [1.54, 1.807) is 11.3 Å². The van der Waals surface area contributed by atoms with E-state index in [-0.39, 0.29) is 11.5 Å². The van der Waals surface area contributed by atoms with Crippen molar-refractivity contribution in [2.24, 2.45) is 5.73 Å². The van der Waals surface area contributed by atoms with Crippen LogP contribution < -0.4 is 5.73 Å². The summed E-state index contributed by atoms with van der Waals surface area (Å²) >= 11 is 1.73. The Morgan fingerprint density at radius 2 is 1.71 bits per heavy atom. The summed E-state index contributed by atoms with van der Waals surface area (Å²) < 4.78 is 0. The number of benzene rings is 1. The van der Waals surface area contributed by atoms with Gasteiger partial charge in [-0.15, -0.1) is 11.3 Å².